The van der Waals surface area contributed by atoms with E-state index in [0.29, 0.717) is 0 Å². The van der Waals surface area contributed by atoms with Crippen molar-refractivity contribution in [3.05, 3.63) is 11.0 Å². The molecule has 0 N–H and O–H groups in total. The van der Waals surface area contributed by atoms with Crippen LogP contribution in [0.3, 0.4) is 0 Å². The van der Waals surface area contributed by atoms with Gasteiger partial charge in [0, 0.05) is 14.1 Å². The molecular formula is C11H19NS2. The van der Waals surface area contributed by atoms with Gasteiger partial charge in [-0.3, -0.25) is 0 Å². The van der Waals surface area contributed by atoms with E-state index in [1.807, 2.05) is 19.0 Å². The fourth-order valence-electron chi connectivity index (χ4n) is 1.46. The molecule has 0 aromatic heterocycles. The largest absolute Gasteiger partial charge is 0.363 e. The highest BCUT2D eigenvalue weighted by molar-refractivity contribution is 8.25. The predicted octanol–water partition coefficient (Wildman–Crippen LogP) is 3.80. The first kappa shape index (κ1) is 12.1. The SMILES string of the molecule is CN(C)C(=S)S/C1=C/CCCCCC1. The molecule has 0 radical (unpaired) electrons. The molecule has 0 spiro atoms. The average Bonchev–Trinajstić information content (AvgIpc) is 2.08. The van der Waals surface area contributed by atoms with Crippen molar-refractivity contribution in [2.24, 2.45) is 0 Å². The van der Waals surface area contributed by atoms with Crippen molar-refractivity contribution >= 4 is 28.3 Å². The number of thiocarbonyl (C=S) groups is 1. The molecule has 1 nitrogen and oxygen atoms in total. The Balaban J connectivity index is 2.44. The highest BCUT2D eigenvalue weighted by Gasteiger charge is 2.06. The average molecular weight is 229 g/mol. The van der Waals surface area contributed by atoms with Gasteiger partial charge in [-0.2, -0.15) is 0 Å². The predicted molar refractivity (Wildman–Crippen MR) is 69.7 cm³/mol. The Labute approximate surface area is 96.9 Å². The first-order valence-corrected chi connectivity index (χ1v) is 6.51. The van der Waals surface area contributed by atoms with Gasteiger partial charge in [-0.15, -0.1) is 0 Å². The zero-order valence-corrected chi connectivity index (χ0v) is 10.7. The molecule has 0 aromatic rings. The summed E-state index contributed by atoms with van der Waals surface area (Å²) in [5.74, 6) is 0. The molecular weight excluding hydrogens is 210 g/mol. The normalized spacial score (nSPS) is 21.7. The zero-order valence-electron chi connectivity index (χ0n) is 9.08. The van der Waals surface area contributed by atoms with E-state index in [1.165, 1.54) is 43.4 Å². The van der Waals surface area contributed by atoms with Gasteiger partial charge < -0.3 is 4.90 Å². The molecule has 14 heavy (non-hydrogen) atoms. The molecule has 80 valence electrons. The Hall–Kier alpha value is -0.0200. The van der Waals surface area contributed by atoms with Crippen LogP contribution >= 0.6 is 24.0 Å². The molecule has 0 heterocycles. The highest BCUT2D eigenvalue weighted by Crippen LogP contribution is 2.27. The van der Waals surface area contributed by atoms with Gasteiger partial charge in [-0.05, 0) is 30.6 Å². The van der Waals surface area contributed by atoms with E-state index in [4.69, 9.17) is 12.2 Å². The van der Waals surface area contributed by atoms with Gasteiger partial charge in [-0.25, -0.2) is 0 Å². The maximum atomic E-state index is 5.28. The summed E-state index contributed by atoms with van der Waals surface area (Å²) in [6.45, 7) is 0. The molecule has 0 bridgehead atoms. The van der Waals surface area contributed by atoms with Gasteiger partial charge in [0.1, 0.15) is 4.32 Å². The van der Waals surface area contributed by atoms with Crippen molar-refractivity contribution in [3.8, 4) is 0 Å². The summed E-state index contributed by atoms with van der Waals surface area (Å²) in [4.78, 5) is 3.49. The summed E-state index contributed by atoms with van der Waals surface area (Å²) < 4.78 is 0.983. The van der Waals surface area contributed by atoms with E-state index < -0.39 is 0 Å². The smallest absolute Gasteiger partial charge is 0.140 e. The van der Waals surface area contributed by atoms with Gasteiger partial charge in [0.15, 0.2) is 0 Å². The third-order valence-electron chi connectivity index (χ3n) is 2.33. The van der Waals surface area contributed by atoms with Crippen molar-refractivity contribution in [2.45, 2.75) is 38.5 Å². The van der Waals surface area contributed by atoms with Crippen molar-refractivity contribution in [3.63, 3.8) is 0 Å². The van der Waals surface area contributed by atoms with E-state index in [-0.39, 0.29) is 0 Å². The highest BCUT2D eigenvalue weighted by atomic mass is 32.2. The van der Waals surface area contributed by atoms with Crippen LogP contribution in [0.15, 0.2) is 11.0 Å². The van der Waals surface area contributed by atoms with Crippen LogP contribution in [0.2, 0.25) is 0 Å². The van der Waals surface area contributed by atoms with Crippen LogP contribution in [0.5, 0.6) is 0 Å². The monoisotopic (exact) mass is 229 g/mol. The quantitative estimate of drug-likeness (QED) is 0.630. The topological polar surface area (TPSA) is 3.24 Å². The molecule has 0 atom stereocenters. The summed E-state index contributed by atoms with van der Waals surface area (Å²) in [6, 6.07) is 0. The summed E-state index contributed by atoms with van der Waals surface area (Å²) in [7, 11) is 4.03. The molecule has 1 aliphatic carbocycles. The Morgan fingerprint density at radius 3 is 2.71 bits per heavy atom. The third kappa shape index (κ3) is 4.47. The fraction of sp³-hybridized carbons (Fsp3) is 0.727. The van der Waals surface area contributed by atoms with Gasteiger partial charge in [0.2, 0.25) is 0 Å². The lowest BCUT2D eigenvalue weighted by molar-refractivity contribution is 0.634. The summed E-state index contributed by atoms with van der Waals surface area (Å²) in [5.41, 5.74) is 0. The zero-order chi connectivity index (χ0) is 10.4. The summed E-state index contributed by atoms with van der Waals surface area (Å²) in [6.07, 6.45) is 10.3. The van der Waals surface area contributed by atoms with Crippen LogP contribution in [0.1, 0.15) is 38.5 Å². The molecule has 1 rings (SSSR count). The fourth-order valence-corrected chi connectivity index (χ4v) is 2.63. The van der Waals surface area contributed by atoms with Crippen LogP contribution in [0.4, 0.5) is 0 Å². The molecule has 0 aliphatic heterocycles. The lowest BCUT2D eigenvalue weighted by Gasteiger charge is -2.16. The molecule has 1 aliphatic rings. The minimum atomic E-state index is 0.983. The van der Waals surface area contributed by atoms with Crippen molar-refractivity contribution in [1.82, 2.24) is 4.90 Å². The molecule has 3 heteroatoms. The number of hydrogen-bond acceptors (Lipinski definition) is 2. The number of rotatable bonds is 1. The van der Waals surface area contributed by atoms with Crippen molar-refractivity contribution in [2.75, 3.05) is 14.1 Å². The van der Waals surface area contributed by atoms with Crippen molar-refractivity contribution < 1.29 is 0 Å². The van der Waals surface area contributed by atoms with Crippen LogP contribution in [0, 0.1) is 0 Å². The first-order valence-electron chi connectivity index (χ1n) is 5.28. The van der Waals surface area contributed by atoms with E-state index in [9.17, 15) is 0 Å². The number of thioether (sulfide) groups is 1. The van der Waals surface area contributed by atoms with Crippen LogP contribution < -0.4 is 0 Å². The molecule has 0 amide bonds. The standard InChI is InChI=1S/C11H19NS2/c1-12(2)11(13)14-10-8-6-4-3-5-7-9-10/h8H,3-7,9H2,1-2H3/b10-8+. The van der Waals surface area contributed by atoms with Gasteiger partial charge in [0.25, 0.3) is 0 Å². The second-order valence-corrected chi connectivity index (χ2v) is 5.65. The minimum absolute atomic E-state index is 0.983. The number of nitrogens with zero attached hydrogens (tertiary/aromatic N) is 1. The molecule has 0 fully saturated rings. The van der Waals surface area contributed by atoms with Crippen molar-refractivity contribution in [1.29, 1.82) is 0 Å². The maximum Gasteiger partial charge on any atom is 0.140 e. The summed E-state index contributed by atoms with van der Waals surface area (Å²) in [5, 5.41) is 0. The lowest BCUT2D eigenvalue weighted by atomic mass is 10.1. The van der Waals surface area contributed by atoms with Gasteiger partial charge in [-0.1, -0.05) is 42.9 Å². The van der Waals surface area contributed by atoms with Crippen LogP contribution in [0.25, 0.3) is 0 Å². The van der Waals surface area contributed by atoms with Crippen LogP contribution in [-0.2, 0) is 0 Å². The van der Waals surface area contributed by atoms with E-state index in [1.54, 1.807) is 11.8 Å². The van der Waals surface area contributed by atoms with E-state index >= 15 is 0 Å². The van der Waals surface area contributed by atoms with Gasteiger partial charge >= 0.3 is 0 Å². The Bertz CT molecular complexity index is 221. The second kappa shape index (κ2) is 6.46. The minimum Gasteiger partial charge on any atom is -0.363 e. The lowest BCUT2D eigenvalue weighted by Crippen LogP contribution is -2.16. The molecule has 0 saturated carbocycles. The maximum absolute atomic E-state index is 5.28. The Morgan fingerprint density at radius 1 is 1.29 bits per heavy atom. The van der Waals surface area contributed by atoms with Gasteiger partial charge in [0.05, 0.1) is 0 Å². The van der Waals surface area contributed by atoms with Crippen LogP contribution in [-0.4, -0.2) is 23.3 Å². The van der Waals surface area contributed by atoms with E-state index in [0.717, 1.165) is 4.32 Å². The Morgan fingerprint density at radius 2 is 2.00 bits per heavy atom. The molecule has 0 unspecified atom stereocenters. The Kier molecular flexibility index (Phi) is 5.56. The second-order valence-electron chi connectivity index (χ2n) is 3.89. The molecule has 0 saturated heterocycles. The van der Waals surface area contributed by atoms with E-state index in [2.05, 4.69) is 6.08 Å². The number of hydrogen-bond donors (Lipinski definition) is 0. The first-order chi connectivity index (χ1) is 6.70. The number of allylic oxidation sites excluding steroid dienone is 2. The summed E-state index contributed by atoms with van der Waals surface area (Å²) >= 11 is 7.05. The third-order valence-corrected chi connectivity index (χ3v) is 4.12. The molecule has 0 aromatic carbocycles.